The molecule has 0 aromatic heterocycles. The minimum atomic E-state index is -0.400. The van der Waals surface area contributed by atoms with Gasteiger partial charge in [0, 0.05) is 6.54 Å². The lowest BCUT2D eigenvalue weighted by Crippen LogP contribution is -2.24. The molecule has 0 heterocycles. The highest BCUT2D eigenvalue weighted by molar-refractivity contribution is 5.67. The van der Waals surface area contributed by atoms with Crippen LogP contribution in [0, 0.1) is 0 Å². The molecule has 0 fully saturated rings. The number of ether oxygens (including phenoxy) is 1. The normalized spacial score (nSPS) is 10.5. The second-order valence-corrected chi connectivity index (χ2v) is 4.60. The summed E-state index contributed by atoms with van der Waals surface area (Å²) in [6.45, 7) is 0.765. The molecular formula is C18H19NO2. The number of carbonyl (C=O) groups is 1. The van der Waals surface area contributed by atoms with Crippen molar-refractivity contribution in [2.24, 2.45) is 0 Å². The van der Waals surface area contributed by atoms with E-state index in [-0.39, 0.29) is 0 Å². The van der Waals surface area contributed by atoms with E-state index in [4.69, 9.17) is 4.74 Å². The number of allylic oxidation sites excluding steroid dienone is 1. The highest BCUT2D eigenvalue weighted by Crippen LogP contribution is 2.01. The van der Waals surface area contributed by atoms with Crippen molar-refractivity contribution in [3.8, 4) is 0 Å². The zero-order valence-electron chi connectivity index (χ0n) is 11.9. The van der Waals surface area contributed by atoms with Crippen LogP contribution < -0.4 is 5.32 Å². The maximum Gasteiger partial charge on any atom is 0.407 e. The second kappa shape index (κ2) is 8.59. The second-order valence-electron chi connectivity index (χ2n) is 4.60. The van der Waals surface area contributed by atoms with E-state index in [0.717, 1.165) is 12.0 Å². The van der Waals surface area contributed by atoms with E-state index in [1.807, 2.05) is 60.7 Å². The van der Waals surface area contributed by atoms with Crippen LogP contribution in [0.4, 0.5) is 4.79 Å². The molecule has 0 aliphatic rings. The molecule has 0 bridgehead atoms. The third kappa shape index (κ3) is 5.95. The van der Waals surface area contributed by atoms with Crippen LogP contribution in [0.15, 0.2) is 72.8 Å². The number of rotatable bonds is 6. The van der Waals surface area contributed by atoms with Gasteiger partial charge in [-0.3, -0.25) is 0 Å². The van der Waals surface area contributed by atoms with Crippen molar-refractivity contribution < 1.29 is 9.53 Å². The van der Waals surface area contributed by atoms with Crippen LogP contribution in [0.25, 0.3) is 0 Å². The molecule has 0 radical (unpaired) electrons. The Labute approximate surface area is 125 Å². The summed E-state index contributed by atoms with van der Waals surface area (Å²) in [6, 6.07) is 19.8. The van der Waals surface area contributed by atoms with E-state index in [1.54, 1.807) is 0 Å². The van der Waals surface area contributed by atoms with E-state index in [9.17, 15) is 4.79 Å². The summed E-state index contributed by atoms with van der Waals surface area (Å²) in [5, 5.41) is 2.69. The molecule has 0 unspecified atom stereocenters. The molecule has 108 valence electrons. The lowest BCUT2D eigenvalue weighted by molar-refractivity contribution is 0.140. The Morgan fingerprint density at radius 3 is 2.19 bits per heavy atom. The number of hydrogen-bond donors (Lipinski definition) is 1. The Morgan fingerprint density at radius 2 is 1.52 bits per heavy atom. The van der Waals surface area contributed by atoms with Crippen molar-refractivity contribution >= 4 is 6.09 Å². The fraction of sp³-hybridized carbons (Fsp3) is 0.167. The molecule has 2 aromatic rings. The maximum atomic E-state index is 11.5. The van der Waals surface area contributed by atoms with Crippen LogP contribution >= 0.6 is 0 Å². The predicted molar refractivity (Wildman–Crippen MR) is 83.9 cm³/mol. The summed E-state index contributed by atoms with van der Waals surface area (Å²) in [5.41, 5.74) is 2.23. The van der Waals surface area contributed by atoms with Crippen LogP contribution in [0.5, 0.6) is 0 Å². The topological polar surface area (TPSA) is 38.3 Å². The monoisotopic (exact) mass is 281 g/mol. The third-order valence-electron chi connectivity index (χ3n) is 2.94. The average Bonchev–Trinajstić information content (AvgIpc) is 2.54. The average molecular weight is 281 g/mol. The fourth-order valence-corrected chi connectivity index (χ4v) is 1.83. The van der Waals surface area contributed by atoms with E-state index in [2.05, 4.69) is 17.4 Å². The zero-order valence-corrected chi connectivity index (χ0v) is 11.9. The summed E-state index contributed by atoms with van der Waals surface area (Å²) in [4.78, 5) is 11.5. The number of benzene rings is 2. The first-order valence-electron chi connectivity index (χ1n) is 6.98. The number of alkyl carbamates (subject to hydrolysis) is 1. The Bertz CT molecular complexity index is 564. The molecule has 0 aliphatic heterocycles. The molecule has 0 saturated carbocycles. The van der Waals surface area contributed by atoms with Crippen LogP contribution in [0.1, 0.15) is 11.1 Å². The standard InChI is InChI=1S/C18H19NO2/c20-18(21-15-17-12-5-2-6-13-17)19-14-8-7-11-16-9-3-1-4-10-16/h1-10,12-13H,11,14-15H2,(H,19,20)/b8-7+. The Morgan fingerprint density at radius 1 is 0.905 bits per heavy atom. The molecule has 2 aromatic carbocycles. The highest BCUT2D eigenvalue weighted by atomic mass is 16.5. The van der Waals surface area contributed by atoms with Crippen LogP contribution in [-0.2, 0) is 17.8 Å². The van der Waals surface area contributed by atoms with Gasteiger partial charge < -0.3 is 10.1 Å². The van der Waals surface area contributed by atoms with Crippen LogP contribution in [0.3, 0.4) is 0 Å². The number of hydrogen-bond acceptors (Lipinski definition) is 2. The summed E-state index contributed by atoms with van der Waals surface area (Å²) in [5.74, 6) is 0. The molecule has 1 amide bonds. The van der Waals surface area contributed by atoms with Crippen molar-refractivity contribution in [1.29, 1.82) is 0 Å². The summed E-state index contributed by atoms with van der Waals surface area (Å²) < 4.78 is 5.11. The van der Waals surface area contributed by atoms with Gasteiger partial charge in [0.1, 0.15) is 6.61 Å². The molecule has 0 saturated heterocycles. The van der Waals surface area contributed by atoms with Crippen molar-refractivity contribution in [1.82, 2.24) is 5.32 Å². The largest absolute Gasteiger partial charge is 0.445 e. The predicted octanol–water partition coefficient (Wildman–Crippen LogP) is 3.71. The van der Waals surface area contributed by atoms with Gasteiger partial charge in [-0.15, -0.1) is 0 Å². The molecule has 3 nitrogen and oxygen atoms in total. The molecule has 3 heteroatoms. The van der Waals surface area contributed by atoms with Crippen LogP contribution in [0.2, 0.25) is 0 Å². The van der Waals surface area contributed by atoms with Gasteiger partial charge in [0.25, 0.3) is 0 Å². The van der Waals surface area contributed by atoms with Gasteiger partial charge in [-0.25, -0.2) is 4.79 Å². The lowest BCUT2D eigenvalue weighted by atomic mass is 10.1. The molecule has 1 N–H and O–H groups in total. The van der Waals surface area contributed by atoms with Crippen molar-refractivity contribution in [2.75, 3.05) is 6.54 Å². The minimum Gasteiger partial charge on any atom is -0.445 e. The molecule has 2 rings (SSSR count). The number of amides is 1. The van der Waals surface area contributed by atoms with Gasteiger partial charge in [0.2, 0.25) is 0 Å². The molecular weight excluding hydrogens is 262 g/mol. The minimum absolute atomic E-state index is 0.292. The van der Waals surface area contributed by atoms with E-state index in [1.165, 1.54) is 5.56 Å². The molecule has 0 atom stereocenters. The number of carbonyl (C=O) groups excluding carboxylic acids is 1. The van der Waals surface area contributed by atoms with Gasteiger partial charge in [-0.2, -0.15) is 0 Å². The summed E-state index contributed by atoms with van der Waals surface area (Å²) >= 11 is 0. The smallest absolute Gasteiger partial charge is 0.407 e. The Kier molecular flexibility index (Phi) is 6.07. The third-order valence-corrected chi connectivity index (χ3v) is 2.94. The van der Waals surface area contributed by atoms with Gasteiger partial charge in [0.15, 0.2) is 0 Å². The van der Waals surface area contributed by atoms with Gasteiger partial charge in [0.05, 0.1) is 0 Å². The SMILES string of the molecule is O=C(NC/C=C/Cc1ccccc1)OCc1ccccc1. The van der Waals surface area contributed by atoms with E-state index in [0.29, 0.717) is 13.2 Å². The molecule has 21 heavy (non-hydrogen) atoms. The van der Waals surface area contributed by atoms with Crippen molar-refractivity contribution in [3.05, 3.63) is 83.9 Å². The van der Waals surface area contributed by atoms with Gasteiger partial charge in [-0.05, 0) is 17.5 Å². The first-order valence-corrected chi connectivity index (χ1v) is 6.98. The highest BCUT2D eigenvalue weighted by Gasteiger charge is 1.99. The van der Waals surface area contributed by atoms with Crippen molar-refractivity contribution in [3.63, 3.8) is 0 Å². The first kappa shape index (κ1) is 14.9. The quantitative estimate of drug-likeness (QED) is 0.820. The lowest BCUT2D eigenvalue weighted by Gasteiger charge is -2.05. The van der Waals surface area contributed by atoms with E-state index < -0.39 is 6.09 Å². The Balaban J connectivity index is 1.61. The van der Waals surface area contributed by atoms with Gasteiger partial charge >= 0.3 is 6.09 Å². The number of nitrogens with one attached hydrogen (secondary N) is 1. The summed E-state index contributed by atoms with van der Waals surface area (Å²) in [6.07, 6.45) is 4.42. The van der Waals surface area contributed by atoms with E-state index >= 15 is 0 Å². The Hall–Kier alpha value is -2.55. The first-order chi connectivity index (χ1) is 10.3. The molecule has 0 aliphatic carbocycles. The van der Waals surface area contributed by atoms with Crippen LogP contribution in [-0.4, -0.2) is 12.6 Å². The maximum absolute atomic E-state index is 11.5. The molecule has 0 spiro atoms. The van der Waals surface area contributed by atoms with Crippen molar-refractivity contribution in [2.45, 2.75) is 13.0 Å². The van der Waals surface area contributed by atoms with Gasteiger partial charge in [-0.1, -0.05) is 72.8 Å². The fourth-order valence-electron chi connectivity index (χ4n) is 1.83. The zero-order chi connectivity index (χ0) is 14.8. The summed E-state index contributed by atoms with van der Waals surface area (Å²) in [7, 11) is 0.